The summed E-state index contributed by atoms with van der Waals surface area (Å²) in [5.41, 5.74) is 14.1. The molecule has 2 aromatic rings. The van der Waals surface area contributed by atoms with E-state index in [1.165, 1.54) is 6.08 Å². The molecule has 0 aliphatic heterocycles. The molecule has 0 saturated heterocycles. The second kappa shape index (κ2) is 12.6. The maximum atomic E-state index is 12.5. The topological polar surface area (TPSA) is 114 Å². The molecule has 0 bridgehead atoms. The number of benzene rings is 2. The number of carbonyl (C=O) groups excluding carboxylic acids is 2. The van der Waals surface area contributed by atoms with Gasteiger partial charge < -0.3 is 25.7 Å². The molecule has 0 spiro atoms. The van der Waals surface area contributed by atoms with Crippen molar-refractivity contribution in [2.75, 3.05) is 18.1 Å². The Labute approximate surface area is 200 Å². The van der Waals surface area contributed by atoms with Crippen molar-refractivity contribution in [3.8, 4) is 5.75 Å². The molecule has 1 fully saturated rings. The number of esters is 2. The van der Waals surface area contributed by atoms with Gasteiger partial charge in [-0.15, -0.1) is 6.58 Å². The number of hydrogen-bond acceptors (Lipinski definition) is 7. The fourth-order valence-electron chi connectivity index (χ4n) is 3.74. The number of ether oxygens (including phenoxy) is 3. The van der Waals surface area contributed by atoms with Gasteiger partial charge in [-0.1, -0.05) is 18.2 Å². The maximum absolute atomic E-state index is 12.5. The van der Waals surface area contributed by atoms with Crippen LogP contribution >= 0.6 is 0 Å². The first-order valence-corrected chi connectivity index (χ1v) is 11.5. The quantitative estimate of drug-likeness (QED) is 0.131. The molecule has 7 nitrogen and oxygen atoms in total. The number of nitrogen functional groups attached to an aromatic ring is 2. The van der Waals surface area contributed by atoms with Crippen LogP contribution in [0, 0.1) is 5.92 Å². The van der Waals surface area contributed by atoms with E-state index in [0.717, 1.165) is 37.7 Å². The Morgan fingerprint density at radius 1 is 1.03 bits per heavy atom. The van der Waals surface area contributed by atoms with E-state index in [1.807, 2.05) is 6.08 Å². The first kappa shape index (κ1) is 25.1. The van der Waals surface area contributed by atoms with Crippen molar-refractivity contribution in [3.63, 3.8) is 0 Å². The zero-order valence-corrected chi connectivity index (χ0v) is 19.3. The van der Waals surface area contributed by atoms with Crippen LogP contribution in [0.25, 0.3) is 6.08 Å². The lowest BCUT2D eigenvalue weighted by molar-refractivity contribution is -0.141. The number of carbonyl (C=O) groups is 2. The van der Waals surface area contributed by atoms with E-state index in [9.17, 15) is 9.59 Å². The Morgan fingerprint density at radius 2 is 1.76 bits per heavy atom. The minimum absolute atomic E-state index is 0.0395. The summed E-state index contributed by atoms with van der Waals surface area (Å²) in [4.78, 5) is 24.5. The highest BCUT2D eigenvalue weighted by Crippen LogP contribution is 2.28. The second-order valence-electron chi connectivity index (χ2n) is 8.31. The summed E-state index contributed by atoms with van der Waals surface area (Å²) >= 11 is 0. The first-order chi connectivity index (χ1) is 16.4. The average molecular weight is 465 g/mol. The number of nitrogens with two attached hydrogens (primary N) is 2. The van der Waals surface area contributed by atoms with E-state index in [0.29, 0.717) is 29.3 Å². The van der Waals surface area contributed by atoms with Crippen LogP contribution in [0.15, 0.2) is 61.2 Å². The first-order valence-electron chi connectivity index (χ1n) is 11.5. The summed E-state index contributed by atoms with van der Waals surface area (Å²) in [6.45, 7) is 4.41. The minimum atomic E-state index is -0.499. The summed E-state index contributed by atoms with van der Waals surface area (Å²) in [6, 6.07) is 12.0. The van der Waals surface area contributed by atoms with Crippen LogP contribution in [0.5, 0.6) is 5.75 Å². The molecule has 4 N–H and O–H groups in total. The SMILES string of the molecule is C=CCCOC1CCC(C(=O)Oc2ccc(C=CC(=O)OCc3cc(N)ccc3N)cc2)CC1. The Hall–Kier alpha value is -3.58. The van der Waals surface area contributed by atoms with E-state index in [4.69, 9.17) is 25.7 Å². The van der Waals surface area contributed by atoms with Gasteiger partial charge in [0.2, 0.25) is 0 Å². The fraction of sp³-hybridized carbons (Fsp3) is 0.333. The van der Waals surface area contributed by atoms with Gasteiger partial charge in [-0.2, -0.15) is 0 Å². The summed E-state index contributed by atoms with van der Waals surface area (Å²) in [5, 5.41) is 0. The molecule has 1 aliphatic carbocycles. The van der Waals surface area contributed by atoms with E-state index in [2.05, 4.69) is 6.58 Å². The standard InChI is InChI=1S/C27H32N2O5/c1-2-3-16-32-23-12-7-20(8-13-23)27(31)34-24-10-4-19(5-11-24)6-15-26(30)33-18-21-17-22(28)9-14-25(21)29/h2,4-6,9-11,14-15,17,20,23H,1,3,7-8,12-13,16,18,28-29H2. The predicted molar refractivity (Wildman–Crippen MR) is 133 cm³/mol. The molecule has 0 heterocycles. The summed E-state index contributed by atoms with van der Waals surface area (Å²) in [6.07, 6.45) is 9.11. The van der Waals surface area contributed by atoms with Crippen molar-refractivity contribution >= 4 is 29.4 Å². The molecule has 0 amide bonds. The lowest BCUT2D eigenvalue weighted by Gasteiger charge is -2.27. The van der Waals surface area contributed by atoms with Crippen LogP contribution in [-0.2, 0) is 25.7 Å². The van der Waals surface area contributed by atoms with E-state index in [-0.39, 0.29) is 24.6 Å². The lowest BCUT2D eigenvalue weighted by atomic mass is 9.87. The van der Waals surface area contributed by atoms with Crippen LogP contribution in [0.3, 0.4) is 0 Å². The molecule has 0 radical (unpaired) electrons. The number of anilines is 2. The molecule has 1 aliphatic rings. The molecule has 34 heavy (non-hydrogen) atoms. The van der Waals surface area contributed by atoms with E-state index < -0.39 is 5.97 Å². The molecule has 0 aromatic heterocycles. The zero-order chi connectivity index (χ0) is 24.3. The summed E-state index contributed by atoms with van der Waals surface area (Å²) in [5.74, 6) is -0.340. The van der Waals surface area contributed by atoms with Crippen LogP contribution < -0.4 is 16.2 Å². The third-order valence-electron chi connectivity index (χ3n) is 5.73. The molecule has 0 unspecified atom stereocenters. The molecule has 2 aromatic carbocycles. The molecule has 7 heteroatoms. The predicted octanol–water partition coefficient (Wildman–Crippen LogP) is 4.66. The Morgan fingerprint density at radius 3 is 2.47 bits per heavy atom. The molecule has 180 valence electrons. The van der Waals surface area contributed by atoms with Crippen LogP contribution in [0.2, 0.25) is 0 Å². The maximum Gasteiger partial charge on any atom is 0.331 e. The normalized spacial score (nSPS) is 17.9. The van der Waals surface area contributed by atoms with Crippen molar-refractivity contribution in [1.82, 2.24) is 0 Å². The van der Waals surface area contributed by atoms with Crippen LogP contribution in [0.4, 0.5) is 11.4 Å². The van der Waals surface area contributed by atoms with Gasteiger partial charge in [0.25, 0.3) is 0 Å². The van der Waals surface area contributed by atoms with Crippen molar-refractivity contribution in [1.29, 1.82) is 0 Å². The third kappa shape index (κ3) is 7.78. The second-order valence-corrected chi connectivity index (χ2v) is 8.31. The van der Waals surface area contributed by atoms with Crippen molar-refractivity contribution < 1.29 is 23.8 Å². The summed E-state index contributed by atoms with van der Waals surface area (Å²) in [7, 11) is 0. The highest BCUT2D eigenvalue weighted by Gasteiger charge is 2.28. The van der Waals surface area contributed by atoms with Gasteiger partial charge in [-0.05, 0) is 74.1 Å². The monoisotopic (exact) mass is 464 g/mol. The highest BCUT2D eigenvalue weighted by atomic mass is 16.5. The Bertz CT molecular complexity index is 1010. The van der Waals surface area contributed by atoms with Gasteiger partial charge in [0, 0.05) is 23.0 Å². The fourth-order valence-corrected chi connectivity index (χ4v) is 3.74. The largest absolute Gasteiger partial charge is 0.458 e. The Kier molecular flexibility index (Phi) is 9.29. The number of rotatable bonds is 10. The van der Waals surface area contributed by atoms with Crippen molar-refractivity contribution in [3.05, 3.63) is 72.3 Å². The van der Waals surface area contributed by atoms with Gasteiger partial charge in [0.15, 0.2) is 0 Å². The van der Waals surface area contributed by atoms with Crippen molar-refractivity contribution in [2.45, 2.75) is 44.8 Å². The van der Waals surface area contributed by atoms with Crippen LogP contribution in [0.1, 0.15) is 43.2 Å². The molecule has 0 atom stereocenters. The summed E-state index contributed by atoms with van der Waals surface area (Å²) < 4.78 is 16.6. The van der Waals surface area contributed by atoms with Gasteiger partial charge in [-0.3, -0.25) is 4.79 Å². The smallest absolute Gasteiger partial charge is 0.331 e. The van der Waals surface area contributed by atoms with Gasteiger partial charge in [0.05, 0.1) is 18.6 Å². The van der Waals surface area contributed by atoms with Gasteiger partial charge in [-0.25, -0.2) is 4.79 Å². The molecular formula is C27H32N2O5. The average Bonchev–Trinajstić information content (AvgIpc) is 2.84. The Balaban J connectivity index is 1.42. The van der Waals surface area contributed by atoms with E-state index >= 15 is 0 Å². The molecule has 1 saturated carbocycles. The lowest BCUT2D eigenvalue weighted by Crippen LogP contribution is -2.29. The molecule has 3 rings (SSSR count). The minimum Gasteiger partial charge on any atom is -0.458 e. The van der Waals surface area contributed by atoms with Gasteiger partial charge >= 0.3 is 11.9 Å². The molecular weight excluding hydrogens is 432 g/mol. The van der Waals surface area contributed by atoms with Crippen LogP contribution in [-0.4, -0.2) is 24.6 Å². The van der Waals surface area contributed by atoms with Crippen molar-refractivity contribution in [2.24, 2.45) is 5.92 Å². The third-order valence-corrected chi connectivity index (χ3v) is 5.73. The highest BCUT2D eigenvalue weighted by molar-refractivity contribution is 5.87. The number of hydrogen-bond donors (Lipinski definition) is 2. The van der Waals surface area contributed by atoms with E-state index in [1.54, 1.807) is 48.5 Å². The van der Waals surface area contributed by atoms with Gasteiger partial charge in [0.1, 0.15) is 12.4 Å². The zero-order valence-electron chi connectivity index (χ0n) is 19.3.